The van der Waals surface area contributed by atoms with Gasteiger partial charge in [0, 0.05) is 0 Å². The van der Waals surface area contributed by atoms with Gasteiger partial charge in [-0.3, -0.25) is 9.69 Å². The number of aryl methyl sites for hydroxylation is 1. The standard InChI is InChI=1S/C22H24N2O3/c1-15(2)14-27-19-10-8-17(9-11-19)12-20-21(25)24(22(26)23-20)13-18-6-4-16(3)5-7-18/h4-12,15H,13-14H2,1-3H3,(H,23,26)/b20-12+. The number of nitrogens with zero attached hydrogens (tertiary/aromatic N) is 1. The van der Waals surface area contributed by atoms with E-state index in [-0.39, 0.29) is 18.1 Å². The monoisotopic (exact) mass is 364 g/mol. The quantitative estimate of drug-likeness (QED) is 0.619. The summed E-state index contributed by atoms with van der Waals surface area (Å²) in [6.45, 7) is 7.09. The summed E-state index contributed by atoms with van der Waals surface area (Å²) in [6.07, 6.45) is 1.68. The zero-order valence-electron chi connectivity index (χ0n) is 15.9. The van der Waals surface area contributed by atoms with Gasteiger partial charge in [0.1, 0.15) is 11.4 Å². The Hall–Kier alpha value is -3.08. The highest BCUT2D eigenvalue weighted by molar-refractivity contribution is 6.13. The van der Waals surface area contributed by atoms with Gasteiger partial charge in [-0.15, -0.1) is 0 Å². The maximum Gasteiger partial charge on any atom is 0.329 e. The molecule has 2 aromatic carbocycles. The molecular formula is C22H24N2O3. The van der Waals surface area contributed by atoms with Crippen LogP contribution in [0.3, 0.4) is 0 Å². The summed E-state index contributed by atoms with van der Waals surface area (Å²) in [5.41, 5.74) is 3.16. The third kappa shape index (κ3) is 4.76. The number of carbonyl (C=O) groups is 2. The molecule has 1 fully saturated rings. The van der Waals surface area contributed by atoms with E-state index in [2.05, 4.69) is 19.2 Å². The predicted octanol–water partition coefficient (Wildman–Crippen LogP) is 4.12. The molecule has 0 bridgehead atoms. The normalized spacial score (nSPS) is 15.6. The van der Waals surface area contributed by atoms with Crippen molar-refractivity contribution in [3.63, 3.8) is 0 Å². The first-order valence-corrected chi connectivity index (χ1v) is 9.05. The second-order valence-electron chi connectivity index (χ2n) is 7.14. The fourth-order valence-electron chi connectivity index (χ4n) is 2.68. The van der Waals surface area contributed by atoms with Crippen LogP contribution >= 0.6 is 0 Å². The van der Waals surface area contributed by atoms with Crippen LogP contribution in [0.4, 0.5) is 4.79 Å². The molecule has 27 heavy (non-hydrogen) atoms. The SMILES string of the molecule is Cc1ccc(CN2C(=O)N/C(=C/c3ccc(OCC(C)C)cc3)C2=O)cc1. The Morgan fingerprint density at radius 3 is 2.33 bits per heavy atom. The Bertz CT molecular complexity index is 852. The summed E-state index contributed by atoms with van der Waals surface area (Å²) in [4.78, 5) is 26.0. The van der Waals surface area contributed by atoms with Crippen molar-refractivity contribution in [2.45, 2.75) is 27.3 Å². The molecule has 0 aliphatic carbocycles. The first-order chi connectivity index (χ1) is 12.9. The first-order valence-electron chi connectivity index (χ1n) is 9.05. The number of imide groups is 1. The van der Waals surface area contributed by atoms with Crippen LogP contribution in [0, 0.1) is 12.8 Å². The van der Waals surface area contributed by atoms with E-state index in [0.29, 0.717) is 12.5 Å². The van der Waals surface area contributed by atoms with Gasteiger partial charge in [-0.25, -0.2) is 4.79 Å². The second-order valence-corrected chi connectivity index (χ2v) is 7.14. The van der Waals surface area contributed by atoms with E-state index in [4.69, 9.17) is 4.74 Å². The van der Waals surface area contributed by atoms with Gasteiger partial charge in [0.2, 0.25) is 0 Å². The zero-order valence-corrected chi connectivity index (χ0v) is 15.9. The number of ether oxygens (including phenoxy) is 1. The molecule has 0 spiro atoms. The average Bonchev–Trinajstić information content (AvgIpc) is 2.90. The molecule has 3 amide bonds. The molecule has 0 saturated carbocycles. The minimum Gasteiger partial charge on any atom is -0.493 e. The largest absolute Gasteiger partial charge is 0.493 e. The van der Waals surface area contributed by atoms with Crippen LogP contribution in [0.5, 0.6) is 5.75 Å². The molecule has 1 N–H and O–H groups in total. The van der Waals surface area contributed by atoms with Gasteiger partial charge in [-0.1, -0.05) is 55.8 Å². The molecule has 140 valence electrons. The van der Waals surface area contributed by atoms with Crippen molar-refractivity contribution in [3.8, 4) is 5.75 Å². The summed E-state index contributed by atoms with van der Waals surface area (Å²) in [7, 11) is 0. The van der Waals surface area contributed by atoms with E-state index < -0.39 is 6.03 Å². The van der Waals surface area contributed by atoms with Crippen LogP contribution in [-0.4, -0.2) is 23.4 Å². The maximum atomic E-state index is 12.6. The lowest BCUT2D eigenvalue weighted by atomic mass is 10.1. The van der Waals surface area contributed by atoms with E-state index in [9.17, 15) is 9.59 Å². The van der Waals surface area contributed by atoms with E-state index in [0.717, 1.165) is 22.4 Å². The average molecular weight is 364 g/mol. The maximum absolute atomic E-state index is 12.6. The van der Waals surface area contributed by atoms with Crippen molar-refractivity contribution in [1.29, 1.82) is 0 Å². The number of rotatable bonds is 6. The predicted molar refractivity (Wildman–Crippen MR) is 105 cm³/mol. The third-order valence-corrected chi connectivity index (χ3v) is 4.20. The van der Waals surface area contributed by atoms with Crippen LogP contribution in [0.1, 0.15) is 30.5 Å². The molecule has 0 aromatic heterocycles. The Balaban J connectivity index is 1.69. The number of nitrogens with one attached hydrogen (secondary N) is 1. The van der Waals surface area contributed by atoms with E-state index >= 15 is 0 Å². The Labute approximate surface area is 159 Å². The van der Waals surface area contributed by atoms with Crippen molar-refractivity contribution in [2.24, 2.45) is 5.92 Å². The highest BCUT2D eigenvalue weighted by Crippen LogP contribution is 2.19. The van der Waals surface area contributed by atoms with Crippen LogP contribution in [0.2, 0.25) is 0 Å². The molecule has 1 aliphatic rings. The van der Waals surface area contributed by atoms with Gasteiger partial charge >= 0.3 is 6.03 Å². The number of hydrogen-bond donors (Lipinski definition) is 1. The minimum absolute atomic E-state index is 0.254. The molecule has 2 aromatic rings. The lowest BCUT2D eigenvalue weighted by molar-refractivity contribution is -0.123. The molecule has 1 heterocycles. The Morgan fingerprint density at radius 2 is 1.70 bits per heavy atom. The van der Waals surface area contributed by atoms with Crippen LogP contribution in [-0.2, 0) is 11.3 Å². The van der Waals surface area contributed by atoms with Crippen LogP contribution in [0.15, 0.2) is 54.2 Å². The van der Waals surface area contributed by atoms with Crippen molar-refractivity contribution in [2.75, 3.05) is 6.61 Å². The Kier molecular flexibility index (Phi) is 5.60. The molecule has 1 saturated heterocycles. The molecule has 1 aliphatic heterocycles. The highest BCUT2D eigenvalue weighted by atomic mass is 16.5. The third-order valence-electron chi connectivity index (χ3n) is 4.20. The fourth-order valence-corrected chi connectivity index (χ4v) is 2.68. The van der Waals surface area contributed by atoms with E-state index in [1.165, 1.54) is 4.90 Å². The second kappa shape index (κ2) is 8.08. The van der Waals surface area contributed by atoms with Gasteiger partial charge in [-0.2, -0.15) is 0 Å². The van der Waals surface area contributed by atoms with Crippen molar-refractivity contribution < 1.29 is 14.3 Å². The molecule has 5 nitrogen and oxygen atoms in total. The van der Waals surface area contributed by atoms with Crippen molar-refractivity contribution in [3.05, 3.63) is 70.9 Å². The highest BCUT2D eigenvalue weighted by Gasteiger charge is 2.33. The minimum atomic E-state index is -0.399. The summed E-state index contributed by atoms with van der Waals surface area (Å²) >= 11 is 0. The topological polar surface area (TPSA) is 58.6 Å². The zero-order chi connectivity index (χ0) is 19.4. The summed E-state index contributed by atoms with van der Waals surface area (Å²) in [6, 6.07) is 14.8. The van der Waals surface area contributed by atoms with E-state index in [1.54, 1.807) is 6.08 Å². The summed E-state index contributed by atoms with van der Waals surface area (Å²) in [5.74, 6) is 0.923. The molecule has 0 unspecified atom stereocenters. The number of benzene rings is 2. The van der Waals surface area contributed by atoms with Crippen molar-refractivity contribution in [1.82, 2.24) is 10.2 Å². The molecule has 0 atom stereocenters. The van der Waals surface area contributed by atoms with Gasteiger partial charge in [-0.05, 0) is 42.2 Å². The van der Waals surface area contributed by atoms with Gasteiger partial charge < -0.3 is 10.1 Å². The number of urea groups is 1. The molecule has 0 radical (unpaired) electrons. The van der Waals surface area contributed by atoms with Gasteiger partial charge in [0.25, 0.3) is 5.91 Å². The van der Waals surface area contributed by atoms with E-state index in [1.807, 2.05) is 55.5 Å². The smallest absolute Gasteiger partial charge is 0.329 e. The molecule has 5 heteroatoms. The fraction of sp³-hybridized carbons (Fsp3) is 0.273. The Morgan fingerprint density at radius 1 is 1.04 bits per heavy atom. The van der Waals surface area contributed by atoms with Gasteiger partial charge in [0.05, 0.1) is 13.2 Å². The molecular weight excluding hydrogens is 340 g/mol. The number of carbonyl (C=O) groups excluding carboxylic acids is 2. The van der Waals surface area contributed by atoms with Crippen LogP contribution in [0.25, 0.3) is 6.08 Å². The molecule has 3 rings (SSSR count). The summed E-state index contributed by atoms with van der Waals surface area (Å²) < 4.78 is 5.66. The van der Waals surface area contributed by atoms with Crippen molar-refractivity contribution >= 4 is 18.0 Å². The van der Waals surface area contributed by atoms with Gasteiger partial charge in [0.15, 0.2) is 0 Å². The number of hydrogen-bond acceptors (Lipinski definition) is 3. The summed E-state index contributed by atoms with van der Waals surface area (Å²) in [5, 5.41) is 2.66. The lowest BCUT2D eigenvalue weighted by Crippen LogP contribution is -2.30. The first kappa shape index (κ1) is 18.7. The lowest BCUT2D eigenvalue weighted by Gasteiger charge is -2.11. The number of amides is 3. The van der Waals surface area contributed by atoms with Crippen LogP contribution < -0.4 is 10.1 Å².